The molecule has 1 aliphatic heterocycles. The van der Waals surface area contributed by atoms with E-state index in [9.17, 15) is 4.79 Å². The highest BCUT2D eigenvalue weighted by atomic mass is 16.6. The Hall–Kier alpha value is -3.67. The van der Waals surface area contributed by atoms with Crippen molar-refractivity contribution in [1.82, 2.24) is 0 Å². The highest BCUT2D eigenvalue weighted by molar-refractivity contribution is 5.97. The number of nitrogens with zero attached hydrogens (tertiary/aromatic N) is 3. The van der Waals surface area contributed by atoms with Gasteiger partial charge in [0.25, 0.3) is 0 Å². The summed E-state index contributed by atoms with van der Waals surface area (Å²) in [6.07, 6.45) is 0. The Kier molecular flexibility index (Phi) is 12.0. The molecule has 238 valence electrons. The summed E-state index contributed by atoms with van der Waals surface area (Å²) in [4.78, 5) is 19.6. The van der Waals surface area contributed by atoms with Gasteiger partial charge in [-0.2, -0.15) is 0 Å². The SMILES string of the molecule is CN(C)c1ccc(C2(c3ccc(N(CCOCCO)CCOCCOCCO)cc3)OC(=O)c3cc(N(C)C)ccc32)cc1. The van der Waals surface area contributed by atoms with E-state index in [1.165, 1.54) is 0 Å². The van der Waals surface area contributed by atoms with E-state index in [-0.39, 0.29) is 25.8 Å². The average Bonchev–Trinajstić information content (AvgIpc) is 3.34. The largest absolute Gasteiger partial charge is 0.441 e. The van der Waals surface area contributed by atoms with Gasteiger partial charge in [-0.1, -0.05) is 30.3 Å². The number of benzene rings is 3. The van der Waals surface area contributed by atoms with E-state index in [4.69, 9.17) is 29.2 Å². The molecule has 10 heteroatoms. The molecule has 3 aromatic carbocycles. The Balaban J connectivity index is 1.65. The Bertz CT molecular complexity index is 1330. The third kappa shape index (κ3) is 7.69. The lowest BCUT2D eigenvalue weighted by atomic mass is 9.79. The van der Waals surface area contributed by atoms with Crippen LogP contribution in [0.1, 0.15) is 27.0 Å². The molecule has 0 amide bonds. The third-order valence-corrected chi connectivity index (χ3v) is 7.65. The maximum atomic E-state index is 13.4. The molecule has 0 aromatic heterocycles. The highest BCUT2D eigenvalue weighted by Crippen LogP contribution is 2.48. The van der Waals surface area contributed by atoms with Crippen molar-refractivity contribution < 1.29 is 34.0 Å². The van der Waals surface area contributed by atoms with E-state index in [2.05, 4.69) is 4.90 Å². The molecule has 0 fully saturated rings. The van der Waals surface area contributed by atoms with E-state index >= 15 is 0 Å². The van der Waals surface area contributed by atoms with Gasteiger partial charge in [-0.05, 0) is 36.4 Å². The van der Waals surface area contributed by atoms with Gasteiger partial charge in [0.1, 0.15) is 0 Å². The van der Waals surface area contributed by atoms with Crippen LogP contribution in [0, 0.1) is 0 Å². The zero-order chi connectivity index (χ0) is 31.5. The van der Waals surface area contributed by atoms with Crippen molar-refractivity contribution in [2.75, 3.05) is 109 Å². The van der Waals surface area contributed by atoms with Crippen LogP contribution < -0.4 is 14.7 Å². The minimum Gasteiger partial charge on any atom is -0.441 e. The number of hydrogen-bond donors (Lipinski definition) is 2. The summed E-state index contributed by atoms with van der Waals surface area (Å²) in [5.41, 5.74) is 4.91. The zero-order valence-electron chi connectivity index (χ0n) is 26.2. The average molecular weight is 608 g/mol. The lowest BCUT2D eigenvalue weighted by Crippen LogP contribution is -2.32. The lowest BCUT2D eigenvalue weighted by molar-refractivity contribution is 0.0251. The third-order valence-electron chi connectivity index (χ3n) is 7.65. The zero-order valence-corrected chi connectivity index (χ0v) is 26.2. The van der Waals surface area contributed by atoms with Crippen LogP contribution in [-0.2, 0) is 24.5 Å². The Morgan fingerprint density at radius 2 is 1.11 bits per heavy atom. The van der Waals surface area contributed by atoms with Gasteiger partial charge in [-0.3, -0.25) is 0 Å². The molecule has 0 radical (unpaired) electrons. The first-order valence-electron chi connectivity index (χ1n) is 14.9. The molecular weight excluding hydrogens is 562 g/mol. The van der Waals surface area contributed by atoms with Crippen LogP contribution in [0.2, 0.25) is 0 Å². The fourth-order valence-corrected chi connectivity index (χ4v) is 5.30. The molecule has 2 N–H and O–H groups in total. The fraction of sp³-hybridized carbons (Fsp3) is 0.441. The monoisotopic (exact) mass is 607 g/mol. The number of aliphatic hydroxyl groups is 2. The van der Waals surface area contributed by atoms with Gasteiger partial charge in [-0.25, -0.2) is 4.79 Å². The highest BCUT2D eigenvalue weighted by Gasteiger charge is 2.48. The predicted octanol–water partition coefficient (Wildman–Crippen LogP) is 3.12. The molecule has 10 nitrogen and oxygen atoms in total. The molecule has 0 aliphatic carbocycles. The number of fused-ring (bicyclic) bond motifs is 1. The summed E-state index contributed by atoms with van der Waals surface area (Å²) in [6, 6.07) is 22.1. The van der Waals surface area contributed by atoms with E-state index in [1.807, 2.05) is 105 Å². The molecule has 1 heterocycles. The molecule has 44 heavy (non-hydrogen) atoms. The fourth-order valence-electron chi connectivity index (χ4n) is 5.30. The van der Waals surface area contributed by atoms with Crippen molar-refractivity contribution in [1.29, 1.82) is 0 Å². The summed E-state index contributed by atoms with van der Waals surface area (Å²) in [6.45, 7) is 3.53. The molecular formula is C34H45N3O7. The van der Waals surface area contributed by atoms with Crippen molar-refractivity contribution >= 4 is 23.0 Å². The minimum absolute atomic E-state index is 0.0117. The maximum absolute atomic E-state index is 13.4. The second-order valence-electron chi connectivity index (χ2n) is 11.0. The second-order valence-corrected chi connectivity index (χ2v) is 11.0. The quantitative estimate of drug-likeness (QED) is 0.166. The Morgan fingerprint density at radius 1 is 0.636 bits per heavy atom. The lowest BCUT2D eigenvalue weighted by Gasteiger charge is -2.32. The summed E-state index contributed by atoms with van der Waals surface area (Å²) >= 11 is 0. The van der Waals surface area contributed by atoms with Crippen molar-refractivity contribution in [3.05, 3.63) is 89.0 Å². The molecule has 1 unspecified atom stereocenters. The van der Waals surface area contributed by atoms with E-state index in [0.717, 1.165) is 33.8 Å². The van der Waals surface area contributed by atoms with Crippen LogP contribution in [0.3, 0.4) is 0 Å². The summed E-state index contributed by atoms with van der Waals surface area (Å²) in [5, 5.41) is 18.0. The first-order chi connectivity index (χ1) is 21.3. The summed E-state index contributed by atoms with van der Waals surface area (Å²) in [7, 11) is 7.89. The molecule has 1 atom stereocenters. The van der Waals surface area contributed by atoms with Crippen molar-refractivity contribution in [3.63, 3.8) is 0 Å². The minimum atomic E-state index is -1.10. The normalized spacial score (nSPS) is 15.6. The van der Waals surface area contributed by atoms with Crippen LogP contribution in [-0.4, -0.2) is 110 Å². The number of esters is 1. The van der Waals surface area contributed by atoms with Crippen LogP contribution in [0.15, 0.2) is 66.7 Å². The molecule has 3 aromatic rings. The van der Waals surface area contributed by atoms with E-state index in [1.54, 1.807) is 0 Å². The van der Waals surface area contributed by atoms with Gasteiger partial charge in [0.2, 0.25) is 0 Å². The number of hydrogen-bond acceptors (Lipinski definition) is 10. The number of carbonyl (C=O) groups excluding carboxylic acids is 1. The second kappa shape index (κ2) is 15.9. The molecule has 4 rings (SSSR count). The van der Waals surface area contributed by atoms with Crippen LogP contribution in [0.25, 0.3) is 0 Å². The Morgan fingerprint density at radius 3 is 1.64 bits per heavy atom. The molecule has 0 saturated heterocycles. The van der Waals surface area contributed by atoms with Gasteiger partial charge in [0.15, 0.2) is 5.60 Å². The van der Waals surface area contributed by atoms with Gasteiger partial charge >= 0.3 is 5.97 Å². The summed E-state index contributed by atoms with van der Waals surface area (Å²) < 4.78 is 22.9. The van der Waals surface area contributed by atoms with Crippen LogP contribution in [0.5, 0.6) is 0 Å². The van der Waals surface area contributed by atoms with Crippen LogP contribution >= 0.6 is 0 Å². The van der Waals surface area contributed by atoms with Gasteiger partial charge in [0, 0.05) is 75.0 Å². The topological polar surface area (TPSA) is 104 Å². The van der Waals surface area contributed by atoms with Gasteiger partial charge < -0.3 is 43.9 Å². The van der Waals surface area contributed by atoms with Crippen molar-refractivity contribution in [2.24, 2.45) is 0 Å². The number of carbonyl (C=O) groups is 1. The van der Waals surface area contributed by atoms with Crippen molar-refractivity contribution in [2.45, 2.75) is 5.60 Å². The number of ether oxygens (including phenoxy) is 4. The van der Waals surface area contributed by atoms with Crippen LogP contribution in [0.4, 0.5) is 17.1 Å². The molecule has 0 bridgehead atoms. The maximum Gasteiger partial charge on any atom is 0.340 e. The number of anilines is 3. The molecule has 0 saturated carbocycles. The first kappa shape index (κ1) is 33.2. The van der Waals surface area contributed by atoms with Gasteiger partial charge in [0.05, 0.1) is 58.4 Å². The molecule has 1 aliphatic rings. The van der Waals surface area contributed by atoms with E-state index in [0.29, 0.717) is 51.7 Å². The number of aliphatic hydroxyl groups excluding tert-OH is 2. The van der Waals surface area contributed by atoms with Gasteiger partial charge in [-0.15, -0.1) is 0 Å². The van der Waals surface area contributed by atoms with Crippen molar-refractivity contribution in [3.8, 4) is 0 Å². The number of cyclic esters (lactones) is 1. The predicted molar refractivity (Wildman–Crippen MR) is 172 cm³/mol. The molecule has 0 spiro atoms. The summed E-state index contributed by atoms with van der Waals surface area (Å²) in [5.74, 6) is -0.354. The number of rotatable bonds is 18. The van der Waals surface area contributed by atoms with E-state index < -0.39 is 5.60 Å². The first-order valence-corrected chi connectivity index (χ1v) is 14.9. The standard InChI is InChI=1S/C34H45N3O7/c1-35(2)28-9-5-26(6-10-28)34(32-14-13-30(36(3)4)25-31(32)33(40)44-34)27-7-11-29(12-8-27)37(15-19-41-21-17-38)16-20-42-23-24-43-22-18-39/h5-14,25,38-39H,15-24H2,1-4H3. The smallest absolute Gasteiger partial charge is 0.340 e. The Labute approximate surface area is 260 Å².